The summed E-state index contributed by atoms with van der Waals surface area (Å²) >= 11 is 0. The van der Waals surface area contributed by atoms with Crippen LogP contribution in [0.15, 0.2) is 0 Å². The molecule has 0 spiro atoms. The summed E-state index contributed by atoms with van der Waals surface area (Å²) < 4.78 is 0. The molecular weight excluding hydrogens is 202 g/mol. The van der Waals surface area contributed by atoms with Crippen LogP contribution in [0.1, 0.15) is 58.8 Å². The molecule has 3 nitrogen and oxygen atoms in total. The molecule has 3 heteroatoms. The van der Waals surface area contributed by atoms with E-state index in [1.165, 1.54) is 19.3 Å². The minimum atomic E-state index is -0.394. The van der Waals surface area contributed by atoms with Crippen molar-refractivity contribution in [3.8, 4) is 0 Å². The zero-order valence-corrected chi connectivity index (χ0v) is 10.6. The van der Waals surface area contributed by atoms with E-state index in [1.54, 1.807) is 0 Å². The van der Waals surface area contributed by atoms with Crippen LogP contribution < -0.4 is 5.32 Å². The number of carbonyl (C=O) groups excluding carboxylic acids is 1. The second-order valence-corrected chi connectivity index (χ2v) is 4.97. The van der Waals surface area contributed by atoms with E-state index in [9.17, 15) is 9.90 Å². The summed E-state index contributed by atoms with van der Waals surface area (Å²) in [6.07, 6.45) is 7.21. The van der Waals surface area contributed by atoms with Crippen LogP contribution in [0.3, 0.4) is 0 Å². The summed E-state index contributed by atoms with van der Waals surface area (Å²) in [5.74, 6) is 0.329. The highest BCUT2D eigenvalue weighted by Gasteiger charge is 2.30. The van der Waals surface area contributed by atoms with Crippen molar-refractivity contribution in [1.29, 1.82) is 0 Å². The van der Waals surface area contributed by atoms with Crippen molar-refractivity contribution in [3.05, 3.63) is 0 Å². The first-order valence-electron chi connectivity index (χ1n) is 6.60. The van der Waals surface area contributed by atoms with E-state index in [4.69, 9.17) is 0 Å². The molecule has 0 bridgehead atoms. The van der Waals surface area contributed by atoms with Crippen molar-refractivity contribution in [2.45, 2.75) is 64.3 Å². The molecule has 0 radical (unpaired) electrons. The Hall–Kier alpha value is -0.570. The van der Waals surface area contributed by atoms with E-state index in [0.29, 0.717) is 0 Å². The van der Waals surface area contributed by atoms with Gasteiger partial charge in [-0.2, -0.15) is 0 Å². The second-order valence-electron chi connectivity index (χ2n) is 4.97. The van der Waals surface area contributed by atoms with Crippen molar-refractivity contribution in [2.24, 2.45) is 5.92 Å². The van der Waals surface area contributed by atoms with E-state index in [1.807, 2.05) is 13.8 Å². The Morgan fingerprint density at radius 3 is 2.25 bits per heavy atom. The molecule has 1 aliphatic carbocycles. The summed E-state index contributed by atoms with van der Waals surface area (Å²) in [6, 6.07) is 0. The lowest BCUT2D eigenvalue weighted by molar-refractivity contribution is -0.128. The first-order valence-corrected chi connectivity index (χ1v) is 6.60. The van der Waals surface area contributed by atoms with E-state index in [2.05, 4.69) is 5.32 Å². The molecule has 2 N–H and O–H groups in total. The fraction of sp³-hybridized carbons (Fsp3) is 0.923. The molecule has 0 aromatic heterocycles. The summed E-state index contributed by atoms with van der Waals surface area (Å²) in [6.45, 7) is 4.07. The van der Waals surface area contributed by atoms with Crippen molar-refractivity contribution < 1.29 is 9.90 Å². The van der Waals surface area contributed by atoms with Crippen LogP contribution in [0.5, 0.6) is 0 Å². The first kappa shape index (κ1) is 13.5. The van der Waals surface area contributed by atoms with Crippen LogP contribution >= 0.6 is 0 Å². The van der Waals surface area contributed by atoms with Crippen molar-refractivity contribution in [1.82, 2.24) is 5.32 Å². The monoisotopic (exact) mass is 227 g/mol. The third-order valence-electron chi connectivity index (χ3n) is 4.02. The lowest BCUT2D eigenvalue weighted by atomic mass is 9.86. The van der Waals surface area contributed by atoms with Gasteiger partial charge in [0.05, 0.1) is 12.1 Å². The number of amides is 1. The van der Waals surface area contributed by atoms with Gasteiger partial charge in [0.15, 0.2) is 0 Å². The Morgan fingerprint density at radius 2 is 1.81 bits per heavy atom. The van der Waals surface area contributed by atoms with Crippen LogP contribution in [0.25, 0.3) is 0 Å². The quantitative estimate of drug-likeness (QED) is 0.756. The molecule has 0 unspecified atom stereocenters. The van der Waals surface area contributed by atoms with Gasteiger partial charge in [-0.25, -0.2) is 0 Å². The molecule has 0 saturated heterocycles. The predicted molar refractivity (Wildman–Crippen MR) is 65.1 cm³/mol. The van der Waals surface area contributed by atoms with E-state index in [0.717, 1.165) is 25.7 Å². The zero-order valence-electron chi connectivity index (χ0n) is 10.6. The predicted octanol–water partition coefficient (Wildman–Crippen LogP) is 2.23. The van der Waals surface area contributed by atoms with E-state index in [-0.39, 0.29) is 18.4 Å². The molecule has 1 amide bonds. The van der Waals surface area contributed by atoms with E-state index < -0.39 is 5.54 Å². The zero-order chi connectivity index (χ0) is 12.0. The molecule has 1 aliphatic rings. The molecule has 1 rings (SSSR count). The van der Waals surface area contributed by atoms with Gasteiger partial charge in [0.1, 0.15) is 0 Å². The highest BCUT2D eigenvalue weighted by molar-refractivity contribution is 5.79. The molecule has 94 valence electrons. The summed E-state index contributed by atoms with van der Waals surface area (Å²) in [5.41, 5.74) is -0.394. The summed E-state index contributed by atoms with van der Waals surface area (Å²) in [5, 5.41) is 12.5. The van der Waals surface area contributed by atoms with Gasteiger partial charge >= 0.3 is 0 Å². The summed E-state index contributed by atoms with van der Waals surface area (Å²) in [7, 11) is 0. The standard InChI is InChI=1S/C13H25NO2/c1-3-13(4-2,10-15)14-12(16)11-8-6-5-7-9-11/h11,15H,3-10H2,1-2H3,(H,14,16). The number of carbonyl (C=O) groups is 1. The Balaban J connectivity index is 2.53. The molecule has 0 heterocycles. The molecule has 0 aromatic rings. The Kier molecular flexibility index (Phi) is 5.26. The molecule has 1 fully saturated rings. The van der Waals surface area contributed by atoms with Gasteiger partial charge in [0.2, 0.25) is 5.91 Å². The normalized spacial score (nSPS) is 18.4. The van der Waals surface area contributed by atoms with Crippen molar-refractivity contribution >= 4 is 5.91 Å². The average Bonchev–Trinajstić information content (AvgIpc) is 2.37. The van der Waals surface area contributed by atoms with Crippen LogP contribution in [0.4, 0.5) is 0 Å². The summed E-state index contributed by atoms with van der Waals surface area (Å²) in [4.78, 5) is 12.1. The van der Waals surface area contributed by atoms with Crippen molar-refractivity contribution in [2.75, 3.05) is 6.61 Å². The maximum atomic E-state index is 12.1. The Bertz CT molecular complexity index is 210. The number of hydrogen-bond acceptors (Lipinski definition) is 2. The number of nitrogens with one attached hydrogen (secondary N) is 1. The minimum Gasteiger partial charge on any atom is -0.394 e. The smallest absolute Gasteiger partial charge is 0.223 e. The lowest BCUT2D eigenvalue weighted by Gasteiger charge is -2.33. The molecule has 0 atom stereocenters. The number of aliphatic hydroxyl groups is 1. The maximum Gasteiger partial charge on any atom is 0.223 e. The van der Waals surface area contributed by atoms with Gasteiger partial charge in [-0.3, -0.25) is 4.79 Å². The third-order valence-corrected chi connectivity index (χ3v) is 4.02. The molecule has 0 aromatic carbocycles. The SMILES string of the molecule is CCC(CC)(CO)NC(=O)C1CCCCC1. The highest BCUT2D eigenvalue weighted by atomic mass is 16.3. The molecule has 16 heavy (non-hydrogen) atoms. The second kappa shape index (κ2) is 6.24. The fourth-order valence-electron chi connectivity index (χ4n) is 2.42. The van der Waals surface area contributed by atoms with Crippen LogP contribution in [-0.2, 0) is 4.79 Å². The third kappa shape index (κ3) is 3.21. The van der Waals surface area contributed by atoms with E-state index >= 15 is 0 Å². The molecule has 0 aliphatic heterocycles. The van der Waals surface area contributed by atoms with Crippen LogP contribution in [-0.4, -0.2) is 23.2 Å². The highest BCUT2D eigenvalue weighted by Crippen LogP contribution is 2.25. The topological polar surface area (TPSA) is 49.3 Å². The number of aliphatic hydroxyl groups excluding tert-OH is 1. The van der Waals surface area contributed by atoms with Gasteiger partial charge in [0, 0.05) is 5.92 Å². The Labute approximate surface area is 98.6 Å². The lowest BCUT2D eigenvalue weighted by Crippen LogP contribution is -2.52. The first-order chi connectivity index (χ1) is 7.67. The molecule has 1 saturated carbocycles. The van der Waals surface area contributed by atoms with Gasteiger partial charge in [-0.15, -0.1) is 0 Å². The maximum absolute atomic E-state index is 12.1. The minimum absolute atomic E-state index is 0.0401. The number of rotatable bonds is 5. The van der Waals surface area contributed by atoms with Crippen LogP contribution in [0.2, 0.25) is 0 Å². The number of hydrogen-bond donors (Lipinski definition) is 2. The van der Waals surface area contributed by atoms with Gasteiger partial charge < -0.3 is 10.4 Å². The largest absolute Gasteiger partial charge is 0.394 e. The average molecular weight is 227 g/mol. The Morgan fingerprint density at radius 1 is 1.25 bits per heavy atom. The van der Waals surface area contributed by atoms with Crippen LogP contribution in [0, 0.1) is 5.92 Å². The van der Waals surface area contributed by atoms with Gasteiger partial charge in [0.25, 0.3) is 0 Å². The van der Waals surface area contributed by atoms with Gasteiger partial charge in [-0.1, -0.05) is 33.1 Å². The van der Waals surface area contributed by atoms with Crippen molar-refractivity contribution in [3.63, 3.8) is 0 Å². The molecular formula is C13H25NO2. The fourth-order valence-corrected chi connectivity index (χ4v) is 2.42. The van der Waals surface area contributed by atoms with Gasteiger partial charge in [-0.05, 0) is 25.7 Å².